The minimum absolute atomic E-state index is 0.319. The monoisotopic (exact) mass is 241 g/mol. The van der Waals surface area contributed by atoms with E-state index >= 15 is 0 Å². The number of nitrogens with one attached hydrogen (secondary N) is 1. The van der Waals surface area contributed by atoms with E-state index in [0.29, 0.717) is 6.61 Å². The van der Waals surface area contributed by atoms with Gasteiger partial charge in [-0.2, -0.15) is 0 Å². The van der Waals surface area contributed by atoms with Crippen molar-refractivity contribution in [1.29, 1.82) is 0 Å². The van der Waals surface area contributed by atoms with Crippen molar-refractivity contribution in [2.45, 2.75) is 6.42 Å². The number of H-pyrrole nitrogens is 1. The van der Waals surface area contributed by atoms with Gasteiger partial charge in [0, 0.05) is 24.4 Å². The van der Waals surface area contributed by atoms with E-state index in [0.717, 1.165) is 12.1 Å². The molecule has 0 fully saturated rings. The molecule has 0 aliphatic rings. The molecule has 0 unspecified atom stereocenters. The second-order valence-corrected chi connectivity index (χ2v) is 3.86. The Labute approximate surface area is 106 Å². The van der Waals surface area contributed by atoms with Crippen LogP contribution in [-0.2, 0) is 16.0 Å². The van der Waals surface area contributed by atoms with E-state index < -0.39 is 0 Å². The van der Waals surface area contributed by atoms with Crippen LogP contribution in [0.1, 0.15) is 11.3 Å². The average molecular weight is 241 g/mol. The molecule has 1 heterocycles. The van der Waals surface area contributed by atoms with Crippen molar-refractivity contribution in [3.8, 4) is 0 Å². The van der Waals surface area contributed by atoms with E-state index in [9.17, 15) is 4.79 Å². The standard InChI is InChI=1S/C15H15NO2/c17-15(9-8-14-7-4-11-16-14)18-12-10-13-5-2-1-3-6-13/h1-9,11,16H,10,12H2. The molecule has 0 amide bonds. The molecule has 0 aliphatic heterocycles. The number of esters is 1. The number of rotatable bonds is 5. The molecule has 1 N–H and O–H groups in total. The van der Waals surface area contributed by atoms with Crippen LogP contribution in [-0.4, -0.2) is 17.6 Å². The predicted molar refractivity (Wildman–Crippen MR) is 70.9 cm³/mol. The summed E-state index contributed by atoms with van der Waals surface area (Å²) in [6.45, 7) is 0.401. The van der Waals surface area contributed by atoms with Crippen LogP contribution in [0.3, 0.4) is 0 Å². The number of hydrogen-bond donors (Lipinski definition) is 1. The summed E-state index contributed by atoms with van der Waals surface area (Å²) in [5, 5.41) is 0. The lowest BCUT2D eigenvalue weighted by Gasteiger charge is -2.01. The molecular formula is C15H15NO2. The molecule has 0 bridgehead atoms. The summed E-state index contributed by atoms with van der Waals surface area (Å²) >= 11 is 0. The Bertz CT molecular complexity index is 501. The Hall–Kier alpha value is -2.29. The minimum Gasteiger partial charge on any atom is -0.462 e. The molecule has 92 valence electrons. The molecule has 0 saturated carbocycles. The van der Waals surface area contributed by atoms with Gasteiger partial charge in [-0.3, -0.25) is 0 Å². The Morgan fingerprint density at radius 2 is 2.00 bits per heavy atom. The number of aromatic nitrogens is 1. The van der Waals surface area contributed by atoms with Crippen LogP contribution in [0, 0.1) is 0 Å². The third-order valence-corrected chi connectivity index (χ3v) is 2.50. The molecule has 2 rings (SSSR count). The molecule has 3 heteroatoms. The van der Waals surface area contributed by atoms with Crippen molar-refractivity contribution in [2.75, 3.05) is 6.61 Å². The Kier molecular flexibility index (Phi) is 4.36. The first-order valence-corrected chi connectivity index (χ1v) is 5.87. The predicted octanol–water partition coefficient (Wildman–Crippen LogP) is 2.81. The molecule has 18 heavy (non-hydrogen) atoms. The zero-order chi connectivity index (χ0) is 12.6. The minimum atomic E-state index is -0.319. The zero-order valence-corrected chi connectivity index (χ0v) is 10.0. The summed E-state index contributed by atoms with van der Waals surface area (Å²) in [5.74, 6) is -0.319. The molecule has 0 spiro atoms. The van der Waals surface area contributed by atoms with Crippen LogP contribution < -0.4 is 0 Å². The topological polar surface area (TPSA) is 42.1 Å². The van der Waals surface area contributed by atoms with Crippen LogP contribution in [0.15, 0.2) is 54.7 Å². The van der Waals surface area contributed by atoms with Crippen molar-refractivity contribution in [3.63, 3.8) is 0 Å². The third-order valence-electron chi connectivity index (χ3n) is 2.50. The van der Waals surface area contributed by atoms with Gasteiger partial charge in [-0.05, 0) is 23.8 Å². The second kappa shape index (κ2) is 6.45. The van der Waals surface area contributed by atoms with E-state index in [1.807, 2.05) is 42.5 Å². The molecule has 1 aromatic carbocycles. The van der Waals surface area contributed by atoms with Crippen molar-refractivity contribution in [3.05, 3.63) is 66.0 Å². The Morgan fingerprint density at radius 1 is 1.17 bits per heavy atom. The highest BCUT2D eigenvalue weighted by Crippen LogP contribution is 2.01. The van der Waals surface area contributed by atoms with Crippen LogP contribution in [0.4, 0.5) is 0 Å². The fourth-order valence-corrected chi connectivity index (χ4v) is 1.57. The lowest BCUT2D eigenvalue weighted by Crippen LogP contribution is -2.04. The van der Waals surface area contributed by atoms with Crippen LogP contribution in [0.5, 0.6) is 0 Å². The first-order valence-electron chi connectivity index (χ1n) is 5.87. The Balaban J connectivity index is 1.72. The largest absolute Gasteiger partial charge is 0.462 e. The van der Waals surface area contributed by atoms with E-state index in [-0.39, 0.29) is 5.97 Å². The van der Waals surface area contributed by atoms with E-state index in [1.54, 1.807) is 12.3 Å². The first-order chi connectivity index (χ1) is 8.84. The molecule has 0 atom stereocenters. The maximum absolute atomic E-state index is 11.4. The van der Waals surface area contributed by atoms with Crippen molar-refractivity contribution < 1.29 is 9.53 Å². The van der Waals surface area contributed by atoms with Gasteiger partial charge in [0.1, 0.15) is 0 Å². The fraction of sp³-hybridized carbons (Fsp3) is 0.133. The number of ether oxygens (including phenoxy) is 1. The summed E-state index contributed by atoms with van der Waals surface area (Å²) in [5.41, 5.74) is 2.05. The second-order valence-electron chi connectivity index (χ2n) is 3.86. The average Bonchev–Trinajstić information content (AvgIpc) is 2.91. The SMILES string of the molecule is O=C(C=Cc1ccc[nH]1)OCCc1ccccc1. The summed E-state index contributed by atoms with van der Waals surface area (Å²) < 4.78 is 5.10. The lowest BCUT2D eigenvalue weighted by atomic mass is 10.2. The van der Waals surface area contributed by atoms with Gasteiger partial charge in [-0.15, -0.1) is 0 Å². The normalized spacial score (nSPS) is 10.7. The van der Waals surface area contributed by atoms with Gasteiger partial charge in [0.15, 0.2) is 0 Å². The van der Waals surface area contributed by atoms with Gasteiger partial charge in [-0.25, -0.2) is 4.79 Å². The third kappa shape index (κ3) is 3.94. The van der Waals surface area contributed by atoms with Gasteiger partial charge < -0.3 is 9.72 Å². The summed E-state index contributed by atoms with van der Waals surface area (Å²) in [6.07, 6.45) is 5.67. The van der Waals surface area contributed by atoms with Crippen molar-refractivity contribution in [2.24, 2.45) is 0 Å². The Morgan fingerprint density at radius 3 is 2.72 bits per heavy atom. The first kappa shape index (κ1) is 12.2. The summed E-state index contributed by atoms with van der Waals surface area (Å²) in [6, 6.07) is 13.7. The van der Waals surface area contributed by atoms with Crippen LogP contribution in [0.25, 0.3) is 6.08 Å². The molecule has 0 radical (unpaired) electrons. The number of hydrogen-bond acceptors (Lipinski definition) is 2. The highest BCUT2D eigenvalue weighted by atomic mass is 16.5. The smallest absolute Gasteiger partial charge is 0.330 e. The van der Waals surface area contributed by atoms with Gasteiger partial charge in [-0.1, -0.05) is 30.3 Å². The molecule has 1 aromatic heterocycles. The summed E-state index contributed by atoms with van der Waals surface area (Å²) in [7, 11) is 0. The van der Waals surface area contributed by atoms with Gasteiger partial charge in [0.25, 0.3) is 0 Å². The molecule has 3 nitrogen and oxygen atoms in total. The molecule has 2 aromatic rings. The quantitative estimate of drug-likeness (QED) is 0.646. The maximum atomic E-state index is 11.4. The summed E-state index contributed by atoms with van der Waals surface area (Å²) in [4.78, 5) is 14.4. The highest BCUT2D eigenvalue weighted by molar-refractivity contribution is 5.86. The molecular weight excluding hydrogens is 226 g/mol. The van der Waals surface area contributed by atoms with Crippen LogP contribution >= 0.6 is 0 Å². The number of carbonyl (C=O) groups excluding carboxylic acids is 1. The number of benzene rings is 1. The van der Waals surface area contributed by atoms with E-state index in [2.05, 4.69) is 4.98 Å². The van der Waals surface area contributed by atoms with E-state index in [4.69, 9.17) is 4.74 Å². The van der Waals surface area contributed by atoms with Crippen molar-refractivity contribution >= 4 is 12.0 Å². The van der Waals surface area contributed by atoms with Gasteiger partial charge >= 0.3 is 5.97 Å². The number of aromatic amines is 1. The van der Waals surface area contributed by atoms with Crippen molar-refractivity contribution in [1.82, 2.24) is 4.98 Å². The zero-order valence-electron chi connectivity index (χ0n) is 10.0. The van der Waals surface area contributed by atoms with Crippen LogP contribution in [0.2, 0.25) is 0 Å². The van der Waals surface area contributed by atoms with E-state index in [1.165, 1.54) is 11.6 Å². The molecule has 0 aliphatic carbocycles. The van der Waals surface area contributed by atoms with Gasteiger partial charge in [0.2, 0.25) is 0 Å². The fourth-order valence-electron chi connectivity index (χ4n) is 1.57. The lowest BCUT2D eigenvalue weighted by molar-refractivity contribution is -0.137. The maximum Gasteiger partial charge on any atom is 0.330 e. The van der Waals surface area contributed by atoms with Gasteiger partial charge in [0.05, 0.1) is 6.61 Å². The number of carbonyl (C=O) groups is 1. The molecule has 0 saturated heterocycles. The highest BCUT2D eigenvalue weighted by Gasteiger charge is 1.98.